The van der Waals surface area contributed by atoms with Gasteiger partial charge in [0.1, 0.15) is 21.4 Å². The molecule has 7 nitrogen and oxygen atoms in total. The quantitative estimate of drug-likeness (QED) is 0.771. The average Bonchev–Trinajstić information content (AvgIpc) is 2.56. The number of aromatic nitrogens is 1. The molecule has 0 spiro atoms. The lowest BCUT2D eigenvalue weighted by atomic mass is 10.2. The van der Waals surface area contributed by atoms with E-state index in [1.165, 1.54) is 36.5 Å². The van der Waals surface area contributed by atoms with Crippen molar-refractivity contribution in [1.82, 2.24) is 4.98 Å². The van der Waals surface area contributed by atoms with E-state index >= 15 is 0 Å². The molecule has 1 unspecified atom stereocenters. The number of sulfone groups is 1. The van der Waals surface area contributed by atoms with E-state index in [0.717, 1.165) is 6.26 Å². The molecule has 1 atom stereocenters. The van der Waals surface area contributed by atoms with Crippen molar-refractivity contribution in [2.45, 2.75) is 12.5 Å². The Balaban J connectivity index is 1.91. The fourth-order valence-corrected chi connectivity index (χ4v) is 2.53. The topological polar surface area (TPSA) is 111 Å². The van der Waals surface area contributed by atoms with Crippen molar-refractivity contribution < 1.29 is 22.3 Å². The summed E-state index contributed by atoms with van der Waals surface area (Å²) in [6, 6.07) is 7.61. The van der Waals surface area contributed by atoms with Crippen LogP contribution in [-0.2, 0) is 14.6 Å². The van der Waals surface area contributed by atoms with Crippen LogP contribution in [-0.4, -0.2) is 37.4 Å². The third kappa shape index (κ3) is 6.48. The molecule has 0 aliphatic rings. The van der Waals surface area contributed by atoms with Crippen LogP contribution in [0.25, 0.3) is 0 Å². The van der Waals surface area contributed by atoms with E-state index in [1.54, 1.807) is 6.07 Å². The number of carbonyl (C=O) groups excluding carboxylic acids is 1. The lowest BCUT2D eigenvalue weighted by molar-refractivity contribution is -0.117. The van der Waals surface area contributed by atoms with E-state index < -0.39 is 21.8 Å². The highest BCUT2D eigenvalue weighted by atomic mass is 32.2. The second-order valence-electron chi connectivity index (χ2n) is 5.46. The van der Waals surface area contributed by atoms with Gasteiger partial charge in [-0.25, -0.2) is 17.8 Å². The van der Waals surface area contributed by atoms with Crippen LogP contribution in [0.5, 0.6) is 11.6 Å². The minimum atomic E-state index is -3.18. The summed E-state index contributed by atoms with van der Waals surface area (Å²) in [5.74, 6) is -0.340. The van der Waals surface area contributed by atoms with Gasteiger partial charge in [-0.05, 0) is 36.8 Å². The van der Waals surface area contributed by atoms with E-state index in [-0.39, 0.29) is 23.9 Å². The van der Waals surface area contributed by atoms with Gasteiger partial charge in [-0.2, -0.15) is 0 Å². The van der Waals surface area contributed by atoms with Gasteiger partial charge < -0.3 is 15.8 Å². The summed E-state index contributed by atoms with van der Waals surface area (Å²) in [5.41, 5.74) is 6.06. The Morgan fingerprint density at radius 3 is 2.52 bits per heavy atom. The van der Waals surface area contributed by atoms with Gasteiger partial charge >= 0.3 is 0 Å². The van der Waals surface area contributed by atoms with Gasteiger partial charge in [0.15, 0.2) is 0 Å². The lowest BCUT2D eigenvalue weighted by Gasteiger charge is -2.12. The van der Waals surface area contributed by atoms with Crippen molar-refractivity contribution in [3.05, 3.63) is 48.4 Å². The molecule has 0 bridgehead atoms. The first-order valence-electron chi connectivity index (χ1n) is 7.36. The highest BCUT2D eigenvalue weighted by molar-refractivity contribution is 7.90. The number of benzene rings is 1. The molecular weight excluding hydrogens is 349 g/mol. The SMILES string of the molecule is CS(=O)(=O)CCC(N)C(=O)Nc1ccc(Oc2ccc(F)cc2)nc1. The Morgan fingerprint density at radius 2 is 1.96 bits per heavy atom. The summed E-state index contributed by atoms with van der Waals surface area (Å²) >= 11 is 0. The van der Waals surface area contributed by atoms with Gasteiger partial charge in [-0.15, -0.1) is 0 Å². The van der Waals surface area contributed by atoms with Crippen LogP contribution in [0.15, 0.2) is 42.6 Å². The number of amides is 1. The Bertz CT molecular complexity index is 823. The maximum atomic E-state index is 12.8. The molecule has 0 saturated heterocycles. The molecule has 0 saturated carbocycles. The number of nitrogens with zero attached hydrogens (tertiary/aromatic N) is 1. The number of nitrogens with two attached hydrogens (primary N) is 1. The van der Waals surface area contributed by atoms with Crippen molar-refractivity contribution in [2.75, 3.05) is 17.3 Å². The van der Waals surface area contributed by atoms with E-state index in [0.29, 0.717) is 11.4 Å². The average molecular weight is 367 g/mol. The van der Waals surface area contributed by atoms with Gasteiger partial charge in [-0.1, -0.05) is 0 Å². The van der Waals surface area contributed by atoms with Crippen LogP contribution in [0.2, 0.25) is 0 Å². The second kappa shape index (κ2) is 8.04. The number of pyridine rings is 1. The number of hydrogen-bond acceptors (Lipinski definition) is 6. The number of ether oxygens (including phenoxy) is 1. The first-order valence-corrected chi connectivity index (χ1v) is 9.42. The molecule has 1 heterocycles. The number of anilines is 1. The zero-order valence-corrected chi connectivity index (χ0v) is 14.3. The zero-order valence-electron chi connectivity index (χ0n) is 13.5. The van der Waals surface area contributed by atoms with Crippen molar-refractivity contribution >= 4 is 21.4 Å². The smallest absolute Gasteiger partial charge is 0.241 e. The van der Waals surface area contributed by atoms with Crippen molar-refractivity contribution in [3.63, 3.8) is 0 Å². The first-order chi connectivity index (χ1) is 11.7. The first kappa shape index (κ1) is 18.8. The molecule has 1 aromatic heterocycles. The second-order valence-corrected chi connectivity index (χ2v) is 7.72. The number of hydrogen-bond donors (Lipinski definition) is 2. The van der Waals surface area contributed by atoms with E-state index in [2.05, 4.69) is 10.3 Å². The summed E-state index contributed by atoms with van der Waals surface area (Å²) in [7, 11) is -3.18. The predicted octanol–water partition coefficient (Wildman–Crippen LogP) is 1.71. The highest BCUT2D eigenvalue weighted by Crippen LogP contribution is 2.20. The summed E-state index contributed by atoms with van der Waals surface area (Å²) in [6.45, 7) is 0. The minimum absolute atomic E-state index is 0.0316. The third-order valence-corrected chi connectivity index (χ3v) is 4.15. The van der Waals surface area contributed by atoms with Crippen molar-refractivity contribution in [1.29, 1.82) is 0 Å². The molecule has 0 radical (unpaired) electrons. The molecule has 9 heteroatoms. The Labute approximate surface area is 144 Å². The van der Waals surface area contributed by atoms with Gasteiger partial charge in [0.05, 0.1) is 23.7 Å². The highest BCUT2D eigenvalue weighted by Gasteiger charge is 2.16. The minimum Gasteiger partial charge on any atom is -0.439 e. The fraction of sp³-hybridized carbons (Fsp3) is 0.250. The van der Waals surface area contributed by atoms with E-state index in [1.807, 2.05) is 0 Å². The number of carbonyl (C=O) groups is 1. The molecule has 0 aliphatic heterocycles. The third-order valence-electron chi connectivity index (χ3n) is 3.18. The van der Waals surface area contributed by atoms with Crippen LogP contribution in [0.1, 0.15) is 6.42 Å². The number of rotatable bonds is 7. The zero-order chi connectivity index (χ0) is 18.4. The maximum Gasteiger partial charge on any atom is 0.241 e. The monoisotopic (exact) mass is 367 g/mol. The molecule has 2 aromatic rings. The number of halogens is 1. The molecule has 0 fully saturated rings. The molecule has 1 amide bonds. The molecule has 1 aromatic carbocycles. The van der Waals surface area contributed by atoms with Crippen LogP contribution < -0.4 is 15.8 Å². The summed E-state index contributed by atoms with van der Waals surface area (Å²) in [5, 5.41) is 2.55. The van der Waals surface area contributed by atoms with Crippen LogP contribution >= 0.6 is 0 Å². The molecule has 134 valence electrons. The van der Waals surface area contributed by atoms with Gasteiger partial charge in [0.2, 0.25) is 11.8 Å². The van der Waals surface area contributed by atoms with Crippen LogP contribution in [0.4, 0.5) is 10.1 Å². The van der Waals surface area contributed by atoms with Gasteiger partial charge in [0, 0.05) is 12.3 Å². The molecule has 2 rings (SSSR count). The van der Waals surface area contributed by atoms with Crippen molar-refractivity contribution in [2.24, 2.45) is 5.73 Å². The van der Waals surface area contributed by atoms with Crippen LogP contribution in [0, 0.1) is 5.82 Å². The Morgan fingerprint density at radius 1 is 1.28 bits per heavy atom. The predicted molar refractivity (Wildman–Crippen MR) is 91.6 cm³/mol. The maximum absolute atomic E-state index is 12.8. The molecule has 0 aliphatic carbocycles. The van der Waals surface area contributed by atoms with Crippen molar-refractivity contribution in [3.8, 4) is 11.6 Å². The summed E-state index contributed by atoms with van der Waals surface area (Å²) in [4.78, 5) is 15.9. The lowest BCUT2D eigenvalue weighted by Crippen LogP contribution is -2.37. The standard InChI is InChI=1S/C16H18FN3O4S/c1-25(22,23)9-8-14(18)16(21)20-12-4-7-15(19-10-12)24-13-5-2-11(17)3-6-13/h2-7,10,14H,8-9,18H2,1H3,(H,20,21). The normalized spacial score (nSPS) is 12.4. The van der Waals surface area contributed by atoms with Gasteiger partial charge in [-0.3, -0.25) is 4.79 Å². The van der Waals surface area contributed by atoms with E-state index in [9.17, 15) is 17.6 Å². The Kier molecular flexibility index (Phi) is 6.05. The number of nitrogens with one attached hydrogen (secondary N) is 1. The summed E-state index contributed by atoms with van der Waals surface area (Å²) in [6.07, 6.45) is 2.49. The molecular formula is C16H18FN3O4S. The van der Waals surface area contributed by atoms with Crippen LogP contribution in [0.3, 0.4) is 0 Å². The fourth-order valence-electron chi connectivity index (χ4n) is 1.85. The molecule has 3 N–H and O–H groups in total. The molecule has 25 heavy (non-hydrogen) atoms. The largest absolute Gasteiger partial charge is 0.439 e. The Hall–Kier alpha value is -2.52. The summed E-state index contributed by atoms with van der Waals surface area (Å²) < 4.78 is 40.4. The van der Waals surface area contributed by atoms with E-state index in [4.69, 9.17) is 10.5 Å². The van der Waals surface area contributed by atoms with Gasteiger partial charge in [0.25, 0.3) is 0 Å².